The summed E-state index contributed by atoms with van der Waals surface area (Å²) in [6.07, 6.45) is 3.19. The van der Waals surface area contributed by atoms with Gasteiger partial charge in [0.05, 0.1) is 5.75 Å². The van der Waals surface area contributed by atoms with Gasteiger partial charge >= 0.3 is 0 Å². The number of carbonyl (C=O) groups excluding carboxylic acids is 1. The molecular weight excluding hydrogens is 286 g/mol. The quantitative estimate of drug-likeness (QED) is 0.532. The number of hydrogen-bond donors (Lipinski definition) is 0. The summed E-state index contributed by atoms with van der Waals surface area (Å²) in [6, 6.07) is 12.9. The lowest BCUT2D eigenvalue weighted by Crippen LogP contribution is -2.02. The van der Waals surface area contributed by atoms with Crippen molar-refractivity contribution in [3.05, 3.63) is 60.4 Å². The van der Waals surface area contributed by atoms with Crippen LogP contribution in [0.25, 0.3) is 11.5 Å². The number of benzene rings is 1. The smallest absolute Gasteiger partial charge is 0.277 e. The SMILES string of the molecule is O=C(CSc1nnc(-c2ccccc2)o1)c1ccncc1. The van der Waals surface area contributed by atoms with Gasteiger partial charge in [-0.2, -0.15) is 0 Å². The third-order valence-corrected chi connectivity index (χ3v) is 3.57. The largest absolute Gasteiger partial charge is 0.411 e. The normalized spacial score (nSPS) is 10.5. The molecule has 1 aromatic carbocycles. The predicted molar refractivity (Wildman–Crippen MR) is 79.0 cm³/mol. The Morgan fingerprint density at radius 2 is 1.81 bits per heavy atom. The van der Waals surface area contributed by atoms with E-state index in [-0.39, 0.29) is 11.5 Å². The van der Waals surface area contributed by atoms with Gasteiger partial charge in [0.15, 0.2) is 5.78 Å². The van der Waals surface area contributed by atoms with Crippen LogP contribution in [-0.4, -0.2) is 26.7 Å². The number of hydrogen-bond acceptors (Lipinski definition) is 6. The standard InChI is InChI=1S/C15H11N3O2S/c19-13(11-6-8-16-9-7-11)10-21-15-18-17-14(20-15)12-4-2-1-3-5-12/h1-9H,10H2. The van der Waals surface area contributed by atoms with Crippen LogP contribution >= 0.6 is 11.8 Å². The number of carbonyl (C=O) groups is 1. The third kappa shape index (κ3) is 3.35. The molecule has 0 unspecified atom stereocenters. The maximum absolute atomic E-state index is 12.0. The predicted octanol–water partition coefficient (Wildman–Crippen LogP) is 3.11. The van der Waals surface area contributed by atoms with E-state index in [1.54, 1.807) is 24.5 Å². The molecule has 2 heterocycles. The van der Waals surface area contributed by atoms with Crippen molar-refractivity contribution in [1.29, 1.82) is 0 Å². The van der Waals surface area contributed by atoms with Gasteiger partial charge in [-0.3, -0.25) is 9.78 Å². The molecule has 0 aliphatic carbocycles. The van der Waals surface area contributed by atoms with E-state index in [1.807, 2.05) is 30.3 Å². The second-order valence-corrected chi connectivity index (χ2v) is 5.11. The lowest BCUT2D eigenvalue weighted by atomic mass is 10.2. The summed E-state index contributed by atoms with van der Waals surface area (Å²) in [5.41, 5.74) is 1.48. The van der Waals surface area contributed by atoms with Gasteiger partial charge in [0.2, 0.25) is 5.89 Å². The molecule has 0 saturated heterocycles. The zero-order valence-electron chi connectivity index (χ0n) is 11.0. The molecule has 0 aliphatic heterocycles. The van der Waals surface area contributed by atoms with E-state index in [0.29, 0.717) is 16.7 Å². The van der Waals surface area contributed by atoms with Gasteiger partial charge in [-0.05, 0) is 24.3 Å². The summed E-state index contributed by atoms with van der Waals surface area (Å²) >= 11 is 1.23. The third-order valence-electron chi connectivity index (χ3n) is 2.76. The molecule has 3 rings (SSSR count). The van der Waals surface area contributed by atoms with E-state index in [4.69, 9.17) is 4.42 Å². The van der Waals surface area contributed by atoms with E-state index >= 15 is 0 Å². The van der Waals surface area contributed by atoms with Gasteiger partial charge in [0, 0.05) is 23.5 Å². The molecule has 2 aromatic heterocycles. The fraction of sp³-hybridized carbons (Fsp3) is 0.0667. The lowest BCUT2D eigenvalue weighted by molar-refractivity contribution is 0.102. The van der Waals surface area contributed by atoms with Gasteiger partial charge in [-0.15, -0.1) is 10.2 Å². The van der Waals surface area contributed by atoms with Crippen LogP contribution < -0.4 is 0 Å². The minimum absolute atomic E-state index is 0.00172. The summed E-state index contributed by atoms with van der Waals surface area (Å²) in [5, 5.41) is 8.30. The van der Waals surface area contributed by atoms with Gasteiger partial charge in [0.25, 0.3) is 5.22 Å². The zero-order valence-corrected chi connectivity index (χ0v) is 11.8. The van der Waals surface area contributed by atoms with E-state index in [1.165, 1.54) is 11.8 Å². The van der Waals surface area contributed by atoms with Crippen molar-refractivity contribution in [2.24, 2.45) is 0 Å². The Kier molecular flexibility index (Phi) is 4.07. The highest BCUT2D eigenvalue weighted by Crippen LogP contribution is 2.23. The number of Topliss-reactive ketones (excluding diaryl/α,β-unsaturated/α-hetero) is 1. The fourth-order valence-electron chi connectivity index (χ4n) is 1.71. The first kappa shape index (κ1) is 13.5. The lowest BCUT2D eigenvalue weighted by Gasteiger charge is -1.97. The molecular formula is C15H11N3O2S. The molecule has 5 nitrogen and oxygen atoms in total. The van der Waals surface area contributed by atoms with Crippen LogP contribution in [-0.2, 0) is 0 Å². The topological polar surface area (TPSA) is 68.9 Å². The molecule has 0 radical (unpaired) electrons. The zero-order chi connectivity index (χ0) is 14.5. The Morgan fingerprint density at radius 1 is 1.05 bits per heavy atom. The van der Waals surface area contributed by atoms with E-state index in [2.05, 4.69) is 15.2 Å². The van der Waals surface area contributed by atoms with Crippen LogP contribution in [0, 0.1) is 0 Å². The number of pyridine rings is 1. The van der Waals surface area contributed by atoms with Crippen molar-refractivity contribution in [2.75, 3.05) is 5.75 Å². The van der Waals surface area contributed by atoms with Gasteiger partial charge < -0.3 is 4.42 Å². The van der Waals surface area contributed by atoms with Gasteiger partial charge in [0.1, 0.15) is 0 Å². The monoisotopic (exact) mass is 297 g/mol. The number of rotatable bonds is 5. The molecule has 6 heteroatoms. The minimum atomic E-state index is 0.00172. The first-order valence-electron chi connectivity index (χ1n) is 6.28. The summed E-state index contributed by atoms with van der Waals surface area (Å²) in [4.78, 5) is 15.8. The molecule has 0 spiro atoms. The van der Waals surface area contributed by atoms with Crippen LogP contribution in [0.1, 0.15) is 10.4 Å². The van der Waals surface area contributed by atoms with Crippen LogP contribution in [0.15, 0.2) is 64.5 Å². The molecule has 0 atom stereocenters. The number of ketones is 1. The molecule has 3 aromatic rings. The van der Waals surface area contributed by atoms with Crippen molar-refractivity contribution in [2.45, 2.75) is 5.22 Å². The van der Waals surface area contributed by atoms with Crippen molar-refractivity contribution >= 4 is 17.5 Å². The molecule has 21 heavy (non-hydrogen) atoms. The summed E-state index contributed by atoms with van der Waals surface area (Å²) in [7, 11) is 0. The molecule has 0 fully saturated rings. The highest BCUT2D eigenvalue weighted by molar-refractivity contribution is 7.99. The van der Waals surface area contributed by atoms with Crippen LogP contribution in [0.2, 0.25) is 0 Å². The maximum atomic E-state index is 12.0. The van der Waals surface area contributed by atoms with Crippen molar-refractivity contribution in [3.63, 3.8) is 0 Å². The first-order chi connectivity index (χ1) is 10.3. The molecule has 0 bridgehead atoms. The first-order valence-corrected chi connectivity index (χ1v) is 7.26. The van der Waals surface area contributed by atoms with Crippen molar-refractivity contribution in [3.8, 4) is 11.5 Å². The van der Waals surface area contributed by atoms with E-state index < -0.39 is 0 Å². The number of aromatic nitrogens is 3. The Morgan fingerprint density at radius 3 is 2.57 bits per heavy atom. The number of nitrogens with zero attached hydrogens (tertiary/aromatic N) is 3. The highest BCUT2D eigenvalue weighted by Gasteiger charge is 2.12. The van der Waals surface area contributed by atoms with Gasteiger partial charge in [-0.25, -0.2) is 0 Å². The molecule has 0 N–H and O–H groups in total. The van der Waals surface area contributed by atoms with E-state index in [0.717, 1.165) is 5.56 Å². The van der Waals surface area contributed by atoms with Gasteiger partial charge in [-0.1, -0.05) is 30.0 Å². The molecule has 0 amide bonds. The minimum Gasteiger partial charge on any atom is -0.411 e. The molecule has 0 aliphatic rings. The second-order valence-electron chi connectivity index (χ2n) is 4.19. The Bertz CT molecular complexity index is 729. The average molecular weight is 297 g/mol. The highest BCUT2D eigenvalue weighted by atomic mass is 32.2. The average Bonchev–Trinajstić information content (AvgIpc) is 3.03. The fourth-order valence-corrected chi connectivity index (χ4v) is 2.37. The summed E-state index contributed by atoms with van der Waals surface area (Å²) in [6.45, 7) is 0. The Hall–Kier alpha value is -2.47. The second kappa shape index (κ2) is 6.32. The maximum Gasteiger partial charge on any atom is 0.277 e. The van der Waals surface area contributed by atoms with Crippen molar-refractivity contribution < 1.29 is 9.21 Å². The van der Waals surface area contributed by atoms with Crippen molar-refractivity contribution in [1.82, 2.24) is 15.2 Å². The van der Waals surface area contributed by atoms with Crippen LogP contribution in [0.5, 0.6) is 0 Å². The van der Waals surface area contributed by atoms with Crippen LogP contribution in [0.3, 0.4) is 0 Å². The Balaban J connectivity index is 1.64. The summed E-state index contributed by atoms with van der Waals surface area (Å²) < 4.78 is 5.53. The molecule has 104 valence electrons. The number of thioether (sulfide) groups is 1. The van der Waals surface area contributed by atoms with Crippen LogP contribution in [0.4, 0.5) is 0 Å². The Labute approximate surface area is 125 Å². The van der Waals surface area contributed by atoms with E-state index in [9.17, 15) is 4.79 Å². The summed E-state index contributed by atoms with van der Waals surface area (Å²) in [5.74, 6) is 0.705. The molecule has 0 saturated carbocycles.